The van der Waals surface area contributed by atoms with E-state index in [4.69, 9.17) is 10.5 Å². The SMILES string of the molecule is COc1ccc([C@H]2C(C#N)=C(N)N(c3cccc(Br)c3)C3=C2C(=O)CC(C)(C)C3)cc1O. The lowest BCUT2D eigenvalue weighted by Crippen LogP contribution is -2.42. The average molecular weight is 494 g/mol. The largest absolute Gasteiger partial charge is 0.504 e. The van der Waals surface area contributed by atoms with E-state index >= 15 is 0 Å². The quantitative estimate of drug-likeness (QED) is 0.616. The first-order valence-corrected chi connectivity index (χ1v) is 11.0. The summed E-state index contributed by atoms with van der Waals surface area (Å²) in [4.78, 5) is 15.3. The number of hydrogen-bond acceptors (Lipinski definition) is 6. The Labute approximate surface area is 195 Å². The van der Waals surface area contributed by atoms with Crippen LogP contribution in [0.2, 0.25) is 0 Å². The number of Topliss-reactive ketones (excluding diaryl/α,β-unsaturated/α-hetero) is 1. The number of nitrogens with two attached hydrogens (primary N) is 1. The molecule has 0 saturated heterocycles. The average Bonchev–Trinajstić information content (AvgIpc) is 2.72. The number of allylic oxidation sites excluding steroid dienone is 3. The summed E-state index contributed by atoms with van der Waals surface area (Å²) in [6.07, 6.45) is 0.994. The molecular weight excluding hydrogens is 470 g/mol. The van der Waals surface area contributed by atoms with Gasteiger partial charge in [0.05, 0.1) is 24.7 Å². The summed E-state index contributed by atoms with van der Waals surface area (Å²) in [6, 6.07) is 14.8. The minimum absolute atomic E-state index is 0.0168. The van der Waals surface area contributed by atoms with Crippen molar-refractivity contribution in [3.63, 3.8) is 0 Å². The van der Waals surface area contributed by atoms with Crippen molar-refractivity contribution in [1.29, 1.82) is 5.26 Å². The monoisotopic (exact) mass is 493 g/mol. The second-order valence-corrected chi connectivity index (χ2v) is 9.81. The van der Waals surface area contributed by atoms with Gasteiger partial charge < -0.3 is 15.6 Å². The molecule has 1 aliphatic carbocycles. The lowest BCUT2D eigenvalue weighted by Gasteiger charge is -2.43. The maximum absolute atomic E-state index is 13.5. The number of carbonyl (C=O) groups is 1. The van der Waals surface area contributed by atoms with Gasteiger partial charge in [-0.2, -0.15) is 5.26 Å². The lowest BCUT2D eigenvalue weighted by atomic mass is 9.68. The molecule has 32 heavy (non-hydrogen) atoms. The first-order chi connectivity index (χ1) is 15.2. The van der Waals surface area contributed by atoms with E-state index < -0.39 is 5.92 Å². The molecule has 1 aliphatic heterocycles. The third-order valence-electron chi connectivity index (χ3n) is 5.98. The van der Waals surface area contributed by atoms with E-state index in [2.05, 4.69) is 35.8 Å². The molecule has 0 spiro atoms. The molecule has 1 heterocycles. The molecule has 2 aliphatic rings. The number of methoxy groups -OCH3 is 1. The number of anilines is 1. The van der Waals surface area contributed by atoms with Crippen LogP contribution in [0.4, 0.5) is 5.69 Å². The molecule has 0 amide bonds. The fourth-order valence-electron chi connectivity index (χ4n) is 4.64. The molecule has 0 unspecified atom stereocenters. The van der Waals surface area contributed by atoms with Crippen LogP contribution in [0.3, 0.4) is 0 Å². The molecule has 7 heteroatoms. The molecule has 2 aromatic carbocycles. The second-order valence-electron chi connectivity index (χ2n) is 8.89. The molecule has 3 N–H and O–H groups in total. The molecule has 0 fully saturated rings. The highest BCUT2D eigenvalue weighted by atomic mass is 79.9. The Morgan fingerprint density at radius 3 is 2.62 bits per heavy atom. The zero-order valence-electron chi connectivity index (χ0n) is 18.1. The molecule has 0 bridgehead atoms. The normalized spacial score (nSPS) is 20.2. The van der Waals surface area contributed by atoms with Gasteiger partial charge in [-0.1, -0.05) is 41.9 Å². The van der Waals surface area contributed by atoms with E-state index in [1.807, 2.05) is 29.2 Å². The Balaban J connectivity index is 1.99. The van der Waals surface area contributed by atoms with Crippen molar-refractivity contribution >= 4 is 27.4 Å². The molecular formula is C25H24BrN3O3. The van der Waals surface area contributed by atoms with Gasteiger partial charge in [0.2, 0.25) is 0 Å². The molecule has 4 rings (SSSR count). The zero-order chi connectivity index (χ0) is 23.2. The Morgan fingerprint density at radius 1 is 1.25 bits per heavy atom. The fraction of sp³-hybridized carbons (Fsp3) is 0.280. The van der Waals surface area contributed by atoms with E-state index in [0.717, 1.165) is 15.9 Å². The number of nitrogens with zero attached hydrogens (tertiary/aromatic N) is 2. The Hall–Kier alpha value is -3.24. The third kappa shape index (κ3) is 3.65. The van der Waals surface area contributed by atoms with Crippen LogP contribution in [0.15, 0.2) is 69.6 Å². The van der Waals surface area contributed by atoms with Gasteiger partial charge in [-0.3, -0.25) is 9.69 Å². The molecule has 0 aromatic heterocycles. The number of halogens is 1. The first-order valence-electron chi connectivity index (χ1n) is 10.3. The standard InChI is InChI=1S/C25H24BrN3O3/c1-25(2)11-18-23(20(31)12-25)22(14-7-8-21(32-3)19(30)9-14)17(13-27)24(28)29(18)16-6-4-5-15(26)10-16/h4-10,22,30H,11-12,28H2,1-3H3/t22-/m0/s1. The maximum atomic E-state index is 13.5. The molecule has 6 nitrogen and oxygen atoms in total. The number of rotatable bonds is 3. The number of benzene rings is 2. The Kier molecular flexibility index (Phi) is 5.51. The highest BCUT2D eigenvalue weighted by Gasteiger charge is 2.44. The van der Waals surface area contributed by atoms with Gasteiger partial charge in [0, 0.05) is 27.9 Å². The van der Waals surface area contributed by atoms with E-state index in [9.17, 15) is 15.2 Å². The molecule has 0 saturated carbocycles. The van der Waals surface area contributed by atoms with Gasteiger partial charge in [0.25, 0.3) is 0 Å². The van der Waals surface area contributed by atoms with Crippen molar-refractivity contribution in [2.24, 2.45) is 11.1 Å². The van der Waals surface area contributed by atoms with Crippen LogP contribution in [0, 0.1) is 16.7 Å². The van der Waals surface area contributed by atoms with E-state index in [1.54, 1.807) is 18.2 Å². The van der Waals surface area contributed by atoms with Gasteiger partial charge >= 0.3 is 0 Å². The van der Waals surface area contributed by atoms with Crippen LogP contribution >= 0.6 is 15.9 Å². The van der Waals surface area contributed by atoms with Crippen LogP contribution in [0.1, 0.15) is 38.2 Å². The van der Waals surface area contributed by atoms with Gasteiger partial charge in [0.1, 0.15) is 5.82 Å². The lowest BCUT2D eigenvalue weighted by molar-refractivity contribution is -0.118. The first kappa shape index (κ1) is 22.0. The summed E-state index contributed by atoms with van der Waals surface area (Å²) in [7, 11) is 1.47. The predicted molar refractivity (Wildman–Crippen MR) is 126 cm³/mol. The Morgan fingerprint density at radius 2 is 2.00 bits per heavy atom. The summed E-state index contributed by atoms with van der Waals surface area (Å²) in [5.41, 5.74) is 9.39. The number of nitriles is 1. The number of hydrogen-bond donors (Lipinski definition) is 2. The molecule has 164 valence electrons. The van der Waals surface area contributed by atoms with E-state index in [0.29, 0.717) is 29.7 Å². The number of phenolic OH excluding ortho intramolecular Hbond substituents is 1. The van der Waals surface area contributed by atoms with Crippen molar-refractivity contribution in [2.75, 3.05) is 12.0 Å². The van der Waals surface area contributed by atoms with Crippen LogP contribution in [-0.4, -0.2) is 18.0 Å². The number of phenols is 1. The summed E-state index contributed by atoms with van der Waals surface area (Å²) in [5, 5.41) is 20.5. The van der Waals surface area contributed by atoms with Gasteiger partial charge in [-0.25, -0.2) is 0 Å². The van der Waals surface area contributed by atoms with Crippen molar-refractivity contribution in [2.45, 2.75) is 32.6 Å². The van der Waals surface area contributed by atoms with E-state index in [1.165, 1.54) is 7.11 Å². The summed E-state index contributed by atoms with van der Waals surface area (Å²) >= 11 is 3.50. The van der Waals surface area contributed by atoms with Crippen LogP contribution in [-0.2, 0) is 4.79 Å². The molecule has 1 atom stereocenters. The fourth-order valence-corrected chi connectivity index (χ4v) is 5.03. The van der Waals surface area contributed by atoms with Crippen molar-refractivity contribution in [3.05, 3.63) is 75.2 Å². The smallest absolute Gasteiger partial charge is 0.162 e. The second kappa shape index (κ2) is 8.03. The van der Waals surface area contributed by atoms with Crippen molar-refractivity contribution in [3.8, 4) is 17.6 Å². The zero-order valence-corrected chi connectivity index (χ0v) is 19.7. The number of ether oxygens (including phenoxy) is 1. The summed E-state index contributed by atoms with van der Waals surface area (Å²) in [6.45, 7) is 4.11. The maximum Gasteiger partial charge on any atom is 0.162 e. The third-order valence-corrected chi connectivity index (χ3v) is 6.48. The van der Waals surface area contributed by atoms with Crippen LogP contribution in [0.25, 0.3) is 0 Å². The molecule has 0 radical (unpaired) electrons. The van der Waals surface area contributed by atoms with Crippen LogP contribution in [0.5, 0.6) is 11.5 Å². The van der Waals surface area contributed by atoms with E-state index in [-0.39, 0.29) is 28.3 Å². The summed E-state index contributed by atoms with van der Waals surface area (Å²) < 4.78 is 6.03. The topological polar surface area (TPSA) is 99.6 Å². The van der Waals surface area contributed by atoms with Gasteiger partial charge in [-0.05, 0) is 47.7 Å². The van der Waals surface area contributed by atoms with Gasteiger partial charge in [0.15, 0.2) is 17.3 Å². The number of ketones is 1. The predicted octanol–water partition coefficient (Wildman–Crippen LogP) is 5.10. The minimum atomic E-state index is -0.654. The highest BCUT2D eigenvalue weighted by Crippen LogP contribution is 2.50. The highest BCUT2D eigenvalue weighted by molar-refractivity contribution is 9.10. The van der Waals surface area contributed by atoms with Gasteiger partial charge in [-0.15, -0.1) is 0 Å². The molecule has 2 aromatic rings. The Bertz CT molecular complexity index is 1220. The van der Waals surface area contributed by atoms with Crippen molar-refractivity contribution in [1.82, 2.24) is 0 Å². The minimum Gasteiger partial charge on any atom is -0.504 e. The van der Waals surface area contributed by atoms with Crippen molar-refractivity contribution < 1.29 is 14.6 Å². The summed E-state index contributed by atoms with van der Waals surface area (Å²) in [5.74, 6) is -0.118. The van der Waals surface area contributed by atoms with Crippen LogP contribution < -0.4 is 15.4 Å². The number of carbonyl (C=O) groups excluding carboxylic acids is 1. The number of aromatic hydroxyl groups is 1.